The number of nitrogens with zero attached hydrogens (tertiary/aromatic N) is 2. The summed E-state index contributed by atoms with van der Waals surface area (Å²) in [5.74, 6) is 1.23. The number of aryl methyl sites for hydroxylation is 2. The van der Waals surface area contributed by atoms with E-state index in [1.807, 2.05) is 6.92 Å². The van der Waals surface area contributed by atoms with Crippen molar-refractivity contribution >= 4 is 33.2 Å². The second kappa shape index (κ2) is 5.84. The van der Waals surface area contributed by atoms with Gasteiger partial charge in [0, 0.05) is 11.6 Å². The lowest BCUT2D eigenvalue weighted by molar-refractivity contribution is 0.408. The number of hydrogen-bond donors (Lipinski definition) is 1. The maximum Gasteiger partial charge on any atom is 0.241 e. The Morgan fingerprint density at radius 3 is 2.84 bits per heavy atom. The van der Waals surface area contributed by atoms with Crippen molar-refractivity contribution in [3.05, 3.63) is 33.4 Å². The van der Waals surface area contributed by atoms with Crippen LogP contribution < -0.4 is 10.5 Å². The van der Waals surface area contributed by atoms with E-state index in [0.29, 0.717) is 22.3 Å². The summed E-state index contributed by atoms with van der Waals surface area (Å²) in [7, 11) is 0. The number of nitrogens with two attached hydrogens (primary N) is 1. The van der Waals surface area contributed by atoms with Crippen molar-refractivity contribution in [2.24, 2.45) is 0 Å². The molecule has 102 valence electrons. The van der Waals surface area contributed by atoms with Crippen LogP contribution in [0.1, 0.15) is 19.0 Å². The molecule has 1 aromatic heterocycles. The topological polar surface area (TPSA) is 53.1 Å². The standard InChI is InChI=1S/C13H15BrClN3O/c1-3-6-18-13(12(16)8(2)17-18)19-11-5-4-9(15)7-10(11)14/h4-5,7H,3,6,16H2,1-2H3. The Morgan fingerprint density at radius 2 is 2.21 bits per heavy atom. The number of halogens is 2. The molecular weight excluding hydrogens is 330 g/mol. The molecular formula is C13H15BrClN3O. The van der Waals surface area contributed by atoms with Crippen LogP contribution in [0.15, 0.2) is 22.7 Å². The number of benzene rings is 1. The number of hydrogen-bond acceptors (Lipinski definition) is 3. The highest BCUT2D eigenvalue weighted by Gasteiger charge is 2.15. The Bertz CT molecular complexity index is 598. The summed E-state index contributed by atoms with van der Waals surface area (Å²) < 4.78 is 8.43. The second-order valence-electron chi connectivity index (χ2n) is 4.20. The van der Waals surface area contributed by atoms with Crippen LogP contribution in [-0.2, 0) is 6.54 Å². The number of nitrogen functional groups attached to an aromatic ring is 1. The molecule has 6 heteroatoms. The van der Waals surface area contributed by atoms with Crippen molar-refractivity contribution in [1.29, 1.82) is 0 Å². The molecule has 0 radical (unpaired) electrons. The minimum atomic E-state index is 0.565. The third kappa shape index (κ3) is 3.04. The van der Waals surface area contributed by atoms with Crippen LogP contribution in [0.4, 0.5) is 5.69 Å². The maximum atomic E-state index is 6.01. The first-order valence-electron chi connectivity index (χ1n) is 5.98. The van der Waals surface area contributed by atoms with E-state index in [0.717, 1.165) is 23.1 Å². The first-order valence-corrected chi connectivity index (χ1v) is 7.15. The van der Waals surface area contributed by atoms with Crippen molar-refractivity contribution in [3.8, 4) is 11.6 Å². The molecule has 0 fully saturated rings. The van der Waals surface area contributed by atoms with Crippen LogP contribution in [0, 0.1) is 6.92 Å². The van der Waals surface area contributed by atoms with E-state index in [9.17, 15) is 0 Å². The van der Waals surface area contributed by atoms with Gasteiger partial charge in [-0.25, -0.2) is 4.68 Å². The molecule has 0 aliphatic heterocycles. The van der Waals surface area contributed by atoms with Gasteiger partial charge in [-0.1, -0.05) is 18.5 Å². The highest BCUT2D eigenvalue weighted by atomic mass is 79.9. The van der Waals surface area contributed by atoms with Gasteiger partial charge in [-0.3, -0.25) is 0 Å². The van der Waals surface area contributed by atoms with Crippen LogP contribution in [-0.4, -0.2) is 9.78 Å². The Morgan fingerprint density at radius 1 is 1.47 bits per heavy atom. The summed E-state index contributed by atoms with van der Waals surface area (Å²) in [6.45, 7) is 4.71. The molecule has 0 aliphatic carbocycles. The van der Waals surface area contributed by atoms with Gasteiger partial charge in [-0.2, -0.15) is 5.10 Å². The normalized spacial score (nSPS) is 10.7. The first kappa shape index (κ1) is 14.2. The highest BCUT2D eigenvalue weighted by molar-refractivity contribution is 9.10. The van der Waals surface area contributed by atoms with Gasteiger partial charge in [0.25, 0.3) is 0 Å². The molecule has 2 aromatic rings. The number of anilines is 1. The molecule has 2 N–H and O–H groups in total. The van der Waals surface area contributed by atoms with E-state index in [4.69, 9.17) is 22.1 Å². The molecule has 0 aliphatic rings. The molecule has 0 unspecified atom stereocenters. The molecule has 4 nitrogen and oxygen atoms in total. The molecule has 1 aromatic carbocycles. The molecule has 0 atom stereocenters. The van der Waals surface area contributed by atoms with E-state index < -0.39 is 0 Å². The number of rotatable bonds is 4. The van der Waals surface area contributed by atoms with E-state index >= 15 is 0 Å². The fraction of sp³-hybridized carbons (Fsp3) is 0.308. The molecule has 1 heterocycles. The molecule has 0 saturated heterocycles. The van der Waals surface area contributed by atoms with Crippen molar-refractivity contribution in [2.45, 2.75) is 26.8 Å². The SMILES string of the molecule is CCCn1nc(C)c(N)c1Oc1ccc(Cl)cc1Br. The summed E-state index contributed by atoms with van der Waals surface area (Å²) in [5, 5.41) is 5.01. The Labute approximate surface area is 125 Å². The number of ether oxygens (including phenoxy) is 1. The van der Waals surface area contributed by atoms with Crippen molar-refractivity contribution in [2.75, 3.05) is 5.73 Å². The summed E-state index contributed by atoms with van der Waals surface area (Å²) >= 11 is 9.33. The monoisotopic (exact) mass is 343 g/mol. The van der Waals surface area contributed by atoms with Gasteiger partial charge in [0.2, 0.25) is 5.88 Å². The maximum absolute atomic E-state index is 6.01. The average molecular weight is 345 g/mol. The summed E-state index contributed by atoms with van der Waals surface area (Å²) in [5.41, 5.74) is 7.35. The smallest absolute Gasteiger partial charge is 0.241 e. The van der Waals surface area contributed by atoms with E-state index in [1.54, 1.807) is 22.9 Å². The van der Waals surface area contributed by atoms with Gasteiger partial charge in [0.15, 0.2) is 0 Å². The largest absolute Gasteiger partial charge is 0.436 e. The zero-order valence-electron chi connectivity index (χ0n) is 10.8. The van der Waals surface area contributed by atoms with Crippen molar-refractivity contribution < 1.29 is 4.74 Å². The fourth-order valence-corrected chi connectivity index (χ4v) is 2.47. The quantitative estimate of drug-likeness (QED) is 0.895. The molecule has 0 amide bonds. The van der Waals surface area contributed by atoms with Crippen LogP contribution in [0.3, 0.4) is 0 Å². The van der Waals surface area contributed by atoms with Crippen molar-refractivity contribution in [3.63, 3.8) is 0 Å². The number of aromatic nitrogens is 2. The van der Waals surface area contributed by atoms with Gasteiger partial charge < -0.3 is 10.5 Å². The highest BCUT2D eigenvalue weighted by Crippen LogP contribution is 2.35. The van der Waals surface area contributed by atoms with E-state index in [2.05, 4.69) is 28.0 Å². The second-order valence-corrected chi connectivity index (χ2v) is 5.49. The van der Waals surface area contributed by atoms with Crippen molar-refractivity contribution in [1.82, 2.24) is 9.78 Å². The average Bonchev–Trinajstić information content (AvgIpc) is 2.61. The third-order valence-corrected chi connectivity index (χ3v) is 3.52. The van der Waals surface area contributed by atoms with Gasteiger partial charge in [0.1, 0.15) is 11.4 Å². The zero-order chi connectivity index (χ0) is 14.0. The van der Waals surface area contributed by atoms with E-state index in [-0.39, 0.29) is 0 Å². The lowest BCUT2D eigenvalue weighted by atomic mass is 10.3. The molecule has 0 saturated carbocycles. The van der Waals surface area contributed by atoms with Gasteiger partial charge >= 0.3 is 0 Å². The Kier molecular flexibility index (Phi) is 4.37. The lowest BCUT2D eigenvalue weighted by Crippen LogP contribution is -2.02. The molecule has 2 rings (SSSR count). The Balaban J connectivity index is 2.37. The predicted molar refractivity (Wildman–Crippen MR) is 80.9 cm³/mol. The molecule has 0 spiro atoms. The minimum Gasteiger partial charge on any atom is -0.436 e. The van der Waals surface area contributed by atoms with Gasteiger partial charge in [0.05, 0.1) is 10.2 Å². The summed E-state index contributed by atoms with van der Waals surface area (Å²) in [4.78, 5) is 0. The molecule has 19 heavy (non-hydrogen) atoms. The van der Waals surface area contributed by atoms with Crippen LogP contribution in [0.25, 0.3) is 0 Å². The van der Waals surface area contributed by atoms with Crippen LogP contribution in [0.5, 0.6) is 11.6 Å². The zero-order valence-corrected chi connectivity index (χ0v) is 13.1. The summed E-state index contributed by atoms with van der Waals surface area (Å²) in [6, 6.07) is 5.34. The summed E-state index contributed by atoms with van der Waals surface area (Å²) in [6.07, 6.45) is 0.957. The fourth-order valence-electron chi connectivity index (χ4n) is 1.71. The molecule has 0 bridgehead atoms. The van der Waals surface area contributed by atoms with Gasteiger partial charge in [-0.05, 0) is 47.5 Å². The first-order chi connectivity index (χ1) is 9.02. The third-order valence-electron chi connectivity index (χ3n) is 2.66. The minimum absolute atomic E-state index is 0.565. The van der Waals surface area contributed by atoms with Gasteiger partial charge in [-0.15, -0.1) is 0 Å². The van der Waals surface area contributed by atoms with Crippen LogP contribution >= 0.6 is 27.5 Å². The Hall–Kier alpha value is -1.20. The predicted octanol–water partition coefficient (Wildman–Crippen LogP) is 4.39. The van der Waals surface area contributed by atoms with E-state index in [1.165, 1.54) is 0 Å². The van der Waals surface area contributed by atoms with Crippen LogP contribution in [0.2, 0.25) is 5.02 Å². The lowest BCUT2D eigenvalue weighted by Gasteiger charge is -2.10.